The van der Waals surface area contributed by atoms with Crippen LogP contribution in [0.5, 0.6) is 0 Å². The van der Waals surface area contributed by atoms with E-state index in [1.807, 2.05) is 0 Å². The van der Waals surface area contributed by atoms with Gasteiger partial charge in [-0.15, -0.1) is 0 Å². The Morgan fingerprint density at radius 3 is 2.38 bits per heavy atom. The number of hydrogen-bond acceptors (Lipinski definition) is 2. The molecule has 0 aromatic carbocycles. The molecular formula is C10H19BrO2. The van der Waals surface area contributed by atoms with Gasteiger partial charge in [0, 0.05) is 18.5 Å². The first-order chi connectivity index (χ1) is 6.04. The zero-order valence-corrected chi connectivity index (χ0v) is 9.97. The maximum atomic E-state index is 9.40. The van der Waals surface area contributed by atoms with Crippen molar-refractivity contribution < 1.29 is 10.2 Å². The minimum atomic E-state index is -0.0378. The van der Waals surface area contributed by atoms with E-state index in [4.69, 9.17) is 0 Å². The summed E-state index contributed by atoms with van der Waals surface area (Å²) in [5.41, 5.74) is -0.0135. The van der Waals surface area contributed by atoms with Gasteiger partial charge in [0.2, 0.25) is 0 Å². The largest absolute Gasteiger partial charge is 0.396 e. The van der Waals surface area contributed by atoms with Crippen LogP contribution in [0.3, 0.4) is 0 Å². The van der Waals surface area contributed by atoms with E-state index in [-0.39, 0.29) is 24.0 Å². The summed E-state index contributed by atoms with van der Waals surface area (Å²) in [5.74, 6) is 0.323. The maximum Gasteiger partial charge on any atom is 0.0490 e. The van der Waals surface area contributed by atoms with Gasteiger partial charge in [0.1, 0.15) is 0 Å². The highest BCUT2D eigenvalue weighted by molar-refractivity contribution is 9.09. The molecule has 0 heterocycles. The van der Waals surface area contributed by atoms with Crippen LogP contribution in [0.15, 0.2) is 0 Å². The summed E-state index contributed by atoms with van der Waals surface area (Å²) in [6, 6.07) is 0. The molecule has 3 heteroatoms. The fourth-order valence-electron chi connectivity index (χ4n) is 2.41. The van der Waals surface area contributed by atoms with E-state index in [2.05, 4.69) is 29.8 Å². The van der Waals surface area contributed by atoms with Crippen molar-refractivity contribution in [2.24, 2.45) is 16.7 Å². The first-order valence-electron chi connectivity index (χ1n) is 4.82. The average Bonchev–Trinajstić information content (AvgIpc) is 2.41. The standard InChI is InChI=1S/C10H19BrO2/c1-9(7-13)4-3-8(5-12)10(9,2)6-11/h8,12-13H,3-7H2,1-2H3/t8-,9-,10+/m0/s1. The summed E-state index contributed by atoms with van der Waals surface area (Å²) >= 11 is 3.51. The van der Waals surface area contributed by atoms with E-state index < -0.39 is 0 Å². The van der Waals surface area contributed by atoms with Crippen molar-refractivity contribution in [2.45, 2.75) is 26.7 Å². The van der Waals surface area contributed by atoms with Crippen molar-refractivity contribution >= 4 is 15.9 Å². The lowest BCUT2D eigenvalue weighted by Crippen LogP contribution is -2.42. The lowest BCUT2D eigenvalue weighted by atomic mass is 9.66. The molecule has 78 valence electrons. The Bertz CT molecular complexity index is 186. The maximum absolute atomic E-state index is 9.40. The Morgan fingerprint density at radius 1 is 1.38 bits per heavy atom. The third-order valence-corrected chi connectivity index (χ3v) is 5.34. The normalized spacial score (nSPS) is 45.5. The van der Waals surface area contributed by atoms with E-state index >= 15 is 0 Å². The van der Waals surface area contributed by atoms with Crippen molar-refractivity contribution in [3.05, 3.63) is 0 Å². The monoisotopic (exact) mass is 250 g/mol. The molecule has 13 heavy (non-hydrogen) atoms. The van der Waals surface area contributed by atoms with Crippen LogP contribution in [-0.2, 0) is 0 Å². The molecule has 1 fully saturated rings. The molecule has 0 bridgehead atoms. The van der Waals surface area contributed by atoms with Gasteiger partial charge in [-0.1, -0.05) is 29.8 Å². The van der Waals surface area contributed by atoms with Gasteiger partial charge in [-0.25, -0.2) is 0 Å². The van der Waals surface area contributed by atoms with E-state index in [1.165, 1.54) is 0 Å². The average molecular weight is 251 g/mol. The summed E-state index contributed by atoms with van der Waals surface area (Å²) in [6.07, 6.45) is 2.03. The molecule has 1 aliphatic carbocycles. The lowest BCUT2D eigenvalue weighted by molar-refractivity contribution is 0.0149. The Labute approximate surface area is 88.5 Å². The molecule has 0 saturated heterocycles. The van der Waals surface area contributed by atoms with Crippen molar-refractivity contribution in [2.75, 3.05) is 18.5 Å². The van der Waals surface area contributed by atoms with Crippen molar-refractivity contribution in [3.63, 3.8) is 0 Å². The van der Waals surface area contributed by atoms with Crippen molar-refractivity contribution in [1.29, 1.82) is 0 Å². The summed E-state index contributed by atoms with van der Waals surface area (Å²) < 4.78 is 0. The van der Waals surface area contributed by atoms with Gasteiger partial charge in [0.25, 0.3) is 0 Å². The minimum absolute atomic E-state index is 0.0243. The lowest BCUT2D eigenvalue weighted by Gasteiger charge is -2.42. The van der Waals surface area contributed by atoms with Gasteiger partial charge in [-0.3, -0.25) is 0 Å². The Morgan fingerprint density at radius 2 is 2.00 bits per heavy atom. The summed E-state index contributed by atoms with van der Waals surface area (Å²) in [5, 5.41) is 19.5. The summed E-state index contributed by atoms with van der Waals surface area (Å²) in [6.45, 7) is 4.72. The smallest absolute Gasteiger partial charge is 0.0490 e. The number of rotatable bonds is 3. The van der Waals surface area contributed by atoms with E-state index in [0.29, 0.717) is 5.92 Å². The molecule has 0 spiro atoms. The molecule has 0 amide bonds. The molecule has 0 aromatic heterocycles. The summed E-state index contributed by atoms with van der Waals surface area (Å²) in [7, 11) is 0. The highest BCUT2D eigenvalue weighted by Gasteiger charge is 2.52. The number of aliphatic hydroxyl groups excluding tert-OH is 2. The fourth-order valence-corrected chi connectivity index (χ4v) is 3.55. The van der Waals surface area contributed by atoms with Gasteiger partial charge in [-0.05, 0) is 29.6 Å². The van der Waals surface area contributed by atoms with Gasteiger partial charge in [0.15, 0.2) is 0 Å². The number of halogens is 1. The van der Waals surface area contributed by atoms with Gasteiger partial charge >= 0.3 is 0 Å². The molecule has 3 atom stereocenters. The molecular weight excluding hydrogens is 232 g/mol. The molecule has 1 saturated carbocycles. The molecule has 0 radical (unpaired) electrons. The van der Waals surface area contributed by atoms with E-state index in [0.717, 1.165) is 18.2 Å². The fraction of sp³-hybridized carbons (Fsp3) is 1.00. The molecule has 1 aliphatic rings. The van der Waals surface area contributed by atoms with Crippen LogP contribution in [0, 0.1) is 16.7 Å². The molecule has 0 unspecified atom stereocenters. The first-order valence-corrected chi connectivity index (χ1v) is 5.94. The van der Waals surface area contributed by atoms with Crippen LogP contribution >= 0.6 is 15.9 Å². The molecule has 1 rings (SSSR count). The van der Waals surface area contributed by atoms with E-state index in [9.17, 15) is 10.2 Å². The second kappa shape index (κ2) is 3.87. The highest BCUT2D eigenvalue weighted by Crippen LogP contribution is 2.56. The van der Waals surface area contributed by atoms with Gasteiger partial charge < -0.3 is 10.2 Å². The van der Waals surface area contributed by atoms with Crippen LogP contribution in [0.2, 0.25) is 0 Å². The van der Waals surface area contributed by atoms with Crippen LogP contribution in [0.4, 0.5) is 0 Å². The van der Waals surface area contributed by atoms with Crippen molar-refractivity contribution in [3.8, 4) is 0 Å². The molecule has 0 aliphatic heterocycles. The SMILES string of the molecule is C[C@@]1(CO)CC[C@@H](CO)[C@@]1(C)CBr. The minimum Gasteiger partial charge on any atom is -0.396 e. The zero-order chi connectivity index (χ0) is 10.1. The van der Waals surface area contributed by atoms with Crippen LogP contribution in [-0.4, -0.2) is 28.8 Å². The third kappa shape index (κ3) is 1.55. The van der Waals surface area contributed by atoms with Crippen LogP contribution in [0.1, 0.15) is 26.7 Å². The predicted octanol–water partition coefficient (Wildman–Crippen LogP) is 1.79. The van der Waals surface area contributed by atoms with Gasteiger partial charge in [-0.2, -0.15) is 0 Å². The Kier molecular flexibility index (Phi) is 3.42. The quantitative estimate of drug-likeness (QED) is 0.751. The topological polar surface area (TPSA) is 40.5 Å². The van der Waals surface area contributed by atoms with Crippen LogP contribution in [0.25, 0.3) is 0 Å². The van der Waals surface area contributed by atoms with Gasteiger partial charge in [0.05, 0.1) is 0 Å². The second-order valence-electron chi connectivity index (χ2n) is 4.69. The molecule has 0 aromatic rings. The summed E-state index contributed by atoms with van der Waals surface area (Å²) in [4.78, 5) is 0. The van der Waals surface area contributed by atoms with E-state index in [1.54, 1.807) is 0 Å². The number of hydrogen-bond donors (Lipinski definition) is 2. The number of alkyl halides is 1. The predicted molar refractivity (Wildman–Crippen MR) is 56.9 cm³/mol. The first kappa shape index (κ1) is 11.5. The van der Waals surface area contributed by atoms with Crippen molar-refractivity contribution in [1.82, 2.24) is 0 Å². The van der Waals surface area contributed by atoms with Crippen LogP contribution < -0.4 is 0 Å². The Hall–Kier alpha value is 0.400. The molecule has 2 N–H and O–H groups in total. The molecule has 2 nitrogen and oxygen atoms in total. The third-order valence-electron chi connectivity index (χ3n) is 4.17. The zero-order valence-electron chi connectivity index (χ0n) is 8.39. The second-order valence-corrected chi connectivity index (χ2v) is 5.25. The Balaban J connectivity index is 2.91. The number of aliphatic hydroxyl groups is 2. The highest BCUT2D eigenvalue weighted by atomic mass is 79.9.